The molecule has 0 aliphatic carbocycles. The van der Waals surface area contributed by atoms with E-state index in [2.05, 4.69) is 31.0 Å². The van der Waals surface area contributed by atoms with Crippen molar-refractivity contribution in [2.45, 2.75) is 26.8 Å². The van der Waals surface area contributed by atoms with Crippen molar-refractivity contribution >= 4 is 17.5 Å². The fourth-order valence-corrected chi connectivity index (χ4v) is 2.05. The van der Waals surface area contributed by atoms with Gasteiger partial charge in [0.25, 0.3) is 5.91 Å². The van der Waals surface area contributed by atoms with E-state index in [-0.39, 0.29) is 5.91 Å². The molecule has 0 saturated carbocycles. The molecule has 0 radical (unpaired) electrons. The van der Waals surface area contributed by atoms with Gasteiger partial charge in [-0.15, -0.1) is 0 Å². The average molecular weight is 269 g/mol. The number of amides is 1. The average Bonchev–Trinajstić information content (AvgIpc) is 2.38. The first-order chi connectivity index (χ1) is 8.58. The number of benzene rings is 1. The minimum atomic E-state index is -0.0503. The summed E-state index contributed by atoms with van der Waals surface area (Å²) in [5.41, 5.74) is 0.645. The Hall–Kier alpha value is -1.06. The van der Waals surface area contributed by atoms with Gasteiger partial charge >= 0.3 is 0 Å². The molecule has 1 atom stereocenters. The monoisotopic (exact) mass is 268 g/mol. The first-order valence-corrected chi connectivity index (χ1v) is 6.74. The predicted octanol–water partition coefficient (Wildman–Crippen LogP) is 2.80. The third kappa shape index (κ3) is 4.31. The standard InChI is InChI=1S/C14H21ClN2O/c1-4-17(5-2)11(3)10-16-14(18)12-6-8-13(15)9-7-12/h6-9,11H,4-5,10H2,1-3H3,(H,16,18). The maximum Gasteiger partial charge on any atom is 0.251 e. The molecule has 1 aromatic carbocycles. The number of hydrogen-bond acceptors (Lipinski definition) is 2. The molecule has 0 aromatic heterocycles. The first kappa shape index (κ1) is 15.0. The SMILES string of the molecule is CCN(CC)C(C)CNC(=O)c1ccc(Cl)cc1. The Balaban J connectivity index is 2.48. The summed E-state index contributed by atoms with van der Waals surface area (Å²) >= 11 is 5.78. The lowest BCUT2D eigenvalue weighted by molar-refractivity contribution is 0.0938. The minimum Gasteiger partial charge on any atom is -0.350 e. The van der Waals surface area contributed by atoms with E-state index >= 15 is 0 Å². The van der Waals surface area contributed by atoms with Crippen LogP contribution in [0.3, 0.4) is 0 Å². The highest BCUT2D eigenvalue weighted by atomic mass is 35.5. The molecule has 100 valence electrons. The van der Waals surface area contributed by atoms with Gasteiger partial charge in [0, 0.05) is 23.2 Å². The third-order valence-electron chi connectivity index (χ3n) is 3.10. The third-order valence-corrected chi connectivity index (χ3v) is 3.35. The van der Waals surface area contributed by atoms with Gasteiger partial charge < -0.3 is 5.32 Å². The molecular formula is C14H21ClN2O. The van der Waals surface area contributed by atoms with Crippen LogP contribution in [-0.2, 0) is 0 Å². The fourth-order valence-electron chi connectivity index (χ4n) is 1.92. The van der Waals surface area contributed by atoms with Crippen LogP contribution in [0.2, 0.25) is 5.02 Å². The lowest BCUT2D eigenvalue weighted by Crippen LogP contribution is -2.41. The van der Waals surface area contributed by atoms with Crippen molar-refractivity contribution in [2.75, 3.05) is 19.6 Å². The highest BCUT2D eigenvalue weighted by molar-refractivity contribution is 6.30. The van der Waals surface area contributed by atoms with Gasteiger partial charge in [0.15, 0.2) is 0 Å². The van der Waals surface area contributed by atoms with E-state index in [1.165, 1.54) is 0 Å². The number of likely N-dealkylation sites (N-methyl/N-ethyl adjacent to an activating group) is 1. The minimum absolute atomic E-state index is 0.0503. The van der Waals surface area contributed by atoms with Crippen molar-refractivity contribution in [1.29, 1.82) is 0 Å². The lowest BCUT2D eigenvalue weighted by Gasteiger charge is -2.26. The number of carbonyl (C=O) groups is 1. The van der Waals surface area contributed by atoms with E-state index in [1.807, 2.05) is 0 Å². The van der Waals surface area contributed by atoms with Crippen LogP contribution in [0.4, 0.5) is 0 Å². The molecule has 1 rings (SSSR count). The molecule has 0 heterocycles. The smallest absolute Gasteiger partial charge is 0.251 e. The highest BCUT2D eigenvalue weighted by Crippen LogP contribution is 2.09. The Morgan fingerprint density at radius 2 is 1.83 bits per heavy atom. The normalized spacial score (nSPS) is 12.5. The van der Waals surface area contributed by atoms with Crippen LogP contribution >= 0.6 is 11.6 Å². The van der Waals surface area contributed by atoms with Gasteiger partial charge in [-0.05, 0) is 44.3 Å². The van der Waals surface area contributed by atoms with Crippen LogP contribution < -0.4 is 5.32 Å². The van der Waals surface area contributed by atoms with Crippen LogP contribution in [0.15, 0.2) is 24.3 Å². The van der Waals surface area contributed by atoms with Crippen LogP contribution in [0, 0.1) is 0 Å². The van der Waals surface area contributed by atoms with Crippen molar-refractivity contribution in [1.82, 2.24) is 10.2 Å². The van der Waals surface area contributed by atoms with Crippen LogP contribution in [0.1, 0.15) is 31.1 Å². The van der Waals surface area contributed by atoms with E-state index in [0.29, 0.717) is 23.2 Å². The summed E-state index contributed by atoms with van der Waals surface area (Å²) in [4.78, 5) is 14.2. The Morgan fingerprint density at radius 3 is 2.33 bits per heavy atom. The largest absolute Gasteiger partial charge is 0.350 e. The van der Waals surface area contributed by atoms with Crippen molar-refractivity contribution in [3.63, 3.8) is 0 Å². The van der Waals surface area contributed by atoms with Crippen molar-refractivity contribution in [3.8, 4) is 0 Å². The lowest BCUT2D eigenvalue weighted by atomic mass is 10.2. The predicted molar refractivity (Wildman–Crippen MR) is 76.2 cm³/mol. The number of nitrogens with one attached hydrogen (secondary N) is 1. The molecule has 0 saturated heterocycles. The topological polar surface area (TPSA) is 32.3 Å². The van der Waals surface area contributed by atoms with Crippen LogP contribution in [0.25, 0.3) is 0 Å². The maximum absolute atomic E-state index is 11.9. The first-order valence-electron chi connectivity index (χ1n) is 6.36. The van der Waals surface area contributed by atoms with Crippen molar-refractivity contribution in [2.24, 2.45) is 0 Å². The molecule has 1 amide bonds. The van der Waals surface area contributed by atoms with Gasteiger partial charge in [0.05, 0.1) is 0 Å². The second kappa shape index (κ2) is 7.39. The molecule has 0 bridgehead atoms. The molecule has 0 spiro atoms. The maximum atomic E-state index is 11.9. The number of carbonyl (C=O) groups excluding carboxylic acids is 1. The van der Waals surface area contributed by atoms with Crippen molar-refractivity contribution < 1.29 is 4.79 Å². The number of halogens is 1. The van der Waals surface area contributed by atoms with Gasteiger partial charge in [0.1, 0.15) is 0 Å². The summed E-state index contributed by atoms with van der Waals surface area (Å²) in [5, 5.41) is 3.59. The molecule has 18 heavy (non-hydrogen) atoms. The summed E-state index contributed by atoms with van der Waals surface area (Å²) in [6.07, 6.45) is 0. The summed E-state index contributed by atoms with van der Waals surface area (Å²) in [5.74, 6) is -0.0503. The van der Waals surface area contributed by atoms with Gasteiger partial charge in [-0.25, -0.2) is 0 Å². The van der Waals surface area contributed by atoms with Gasteiger partial charge in [-0.1, -0.05) is 25.4 Å². The Kier molecular flexibility index (Phi) is 6.16. The molecule has 1 N–H and O–H groups in total. The van der Waals surface area contributed by atoms with Gasteiger partial charge in [-0.2, -0.15) is 0 Å². The molecule has 4 heteroatoms. The molecular weight excluding hydrogens is 248 g/mol. The molecule has 0 aliphatic heterocycles. The summed E-state index contributed by atoms with van der Waals surface area (Å²) in [6, 6.07) is 7.27. The van der Waals surface area contributed by atoms with Gasteiger partial charge in [0.2, 0.25) is 0 Å². The van der Waals surface area contributed by atoms with E-state index in [4.69, 9.17) is 11.6 Å². The Bertz CT molecular complexity index is 374. The zero-order chi connectivity index (χ0) is 13.5. The Morgan fingerprint density at radius 1 is 1.28 bits per heavy atom. The molecule has 0 aliphatic rings. The van der Waals surface area contributed by atoms with E-state index in [0.717, 1.165) is 13.1 Å². The van der Waals surface area contributed by atoms with Crippen LogP contribution in [-0.4, -0.2) is 36.5 Å². The Labute approximate surface area is 114 Å². The molecule has 3 nitrogen and oxygen atoms in total. The van der Waals surface area contributed by atoms with Crippen molar-refractivity contribution in [3.05, 3.63) is 34.9 Å². The quantitative estimate of drug-likeness (QED) is 0.861. The second-order valence-electron chi connectivity index (χ2n) is 4.29. The van der Waals surface area contributed by atoms with E-state index in [1.54, 1.807) is 24.3 Å². The molecule has 1 aromatic rings. The fraction of sp³-hybridized carbons (Fsp3) is 0.500. The number of hydrogen-bond donors (Lipinski definition) is 1. The second-order valence-corrected chi connectivity index (χ2v) is 4.72. The van der Waals surface area contributed by atoms with Gasteiger partial charge in [-0.3, -0.25) is 9.69 Å². The zero-order valence-corrected chi connectivity index (χ0v) is 12.0. The highest BCUT2D eigenvalue weighted by Gasteiger charge is 2.12. The molecule has 0 fully saturated rings. The molecule has 1 unspecified atom stereocenters. The summed E-state index contributed by atoms with van der Waals surface area (Å²) < 4.78 is 0. The number of nitrogens with zero attached hydrogens (tertiary/aromatic N) is 1. The summed E-state index contributed by atoms with van der Waals surface area (Å²) in [6.45, 7) is 9.02. The van der Waals surface area contributed by atoms with E-state index < -0.39 is 0 Å². The van der Waals surface area contributed by atoms with E-state index in [9.17, 15) is 4.79 Å². The zero-order valence-electron chi connectivity index (χ0n) is 11.2. The van der Waals surface area contributed by atoms with Crippen LogP contribution in [0.5, 0.6) is 0 Å². The summed E-state index contributed by atoms with van der Waals surface area (Å²) in [7, 11) is 0. The number of rotatable bonds is 6.